The minimum absolute atomic E-state index is 0.0310. The predicted molar refractivity (Wildman–Crippen MR) is 174 cm³/mol. The van der Waals surface area contributed by atoms with Crippen molar-refractivity contribution in [3.8, 4) is 17.2 Å². The lowest BCUT2D eigenvalue weighted by atomic mass is 9.93. The van der Waals surface area contributed by atoms with Gasteiger partial charge in [-0.25, -0.2) is 4.79 Å². The van der Waals surface area contributed by atoms with E-state index in [0.29, 0.717) is 54.7 Å². The molecule has 3 aromatic rings. The lowest BCUT2D eigenvalue weighted by Crippen LogP contribution is -2.27. The molecule has 0 aliphatic heterocycles. The smallest absolute Gasteiger partial charge is 0.344 e. The molecule has 0 heterocycles. The summed E-state index contributed by atoms with van der Waals surface area (Å²) in [6.07, 6.45) is 2.08. The van der Waals surface area contributed by atoms with Crippen molar-refractivity contribution in [1.82, 2.24) is 5.32 Å². The van der Waals surface area contributed by atoms with Gasteiger partial charge >= 0.3 is 11.9 Å². The van der Waals surface area contributed by atoms with Crippen LogP contribution < -0.4 is 20.1 Å². The first-order valence-electron chi connectivity index (χ1n) is 15.7. The van der Waals surface area contributed by atoms with E-state index in [9.17, 15) is 29.4 Å². The van der Waals surface area contributed by atoms with Crippen LogP contribution in [-0.2, 0) is 19.1 Å². The number of anilines is 1. The zero-order valence-corrected chi connectivity index (χ0v) is 26.8. The zero-order chi connectivity index (χ0) is 33.6. The highest BCUT2D eigenvalue weighted by Gasteiger charge is 2.24. The van der Waals surface area contributed by atoms with Gasteiger partial charge in [0.1, 0.15) is 17.2 Å². The Labute approximate surface area is 269 Å². The van der Waals surface area contributed by atoms with Crippen LogP contribution >= 0.6 is 0 Å². The van der Waals surface area contributed by atoms with Crippen LogP contribution in [0.5, 0.6) is 17.2 Å². The molecule has 3 aromatic carbocycles. The Balaban J connectivity index is 1.47. The largest absolute Gasteiger partial charge is 0.506 e. The molecule has 11 heteroatoms. The lowest BCUT2D eigenvalue weighted by Gasteiger charge is -2.19. The van der Waals surface area contributed by atoms with Crippen molar-refractivity contribution in [2.24, 2.45) is 11.8 Å². The second-order valence-corrected chi connectivity index (χ2v) is 11.1. The van der Waals surface area contributed by atoms with Crippen molar-refractivity contribution in [3.05, 3.63) is 60.2 Å². The minimum atomic E-state index is -1.16. The zero-order valence-electron chi connectivity index (χ0n) is 26.8. The van der Waals surface area contributed by atoms with Gasteiger partial charge in [0.2, 0.25) is 5.91 Å². The van der Waals surface area contributed by atoms with Crippen LogP contribution in [0, 0.1) is 11.8 Å². The van der Waals surface area contributed by atoms with Gasteiger partial charge in [-0.1, -0.05) is 51.5 Å². The van der Waals surface area contributed by atoms with Gasteiger partial charge in [0.25, 0.3) is 5.91 Å². The fourth-order valence-electron chi connectivity index (χ4n) is 4.72. The average molecular weight is 637 g/mol. The summed E-state index contributed by atoms with van der Waals surface area (Å²) < 4.78 is 16.6. The minimum Gasteiger partial charge on any atom is -0.506 e. The summed E-state index contributed by atoms with van der Waals surface area (Å²) in [6, 6.07) is 15.0. The van der Waals surface area contributed by atoms with Crippen molar-refractivity contribution in [2.45, 2.75) is 65.9 Å². The molecule has 2 amide bonds. The third-order valence-electron chi connectivity index (χ3n) is 7.52. The van der Waals surface area contributed by atoms with Crippen LogP contribution in [0.25, 0.3) is 10.8 Å². The number of ether oxygens (including phenoxy) is 3. The van der Waals surface area contributed by atoms with Gasteiger partial charge in [-0.3, -0.25) is 14.4 Å². The van der Waals surface area contributed by atoms with Gasteiger partial charge < -0.3 is 35.1 Å². The highest BCUT2D eigenvalue weighted by atomic mass is 16.5. The number of phenols is 1. The van der Waals surface area contributed by atoms with Gasteiger partial charge in [0.05, 0.1) is 24.7 Å². The molecule has 3 atom stereocenters. The fourth-order valence-corrected chi connectivity index (χ4v) is 4.72. The molecular formula is C35H44N2O9. The molecule has 3 unspecified atom stereocenters. The first-order chi connectivity index (χ1) is 22.0. The number of rotatable bonds is 18. The van der Waals surface area contributed by atoms with Gasteiger partial charge in [-0.05, 0) is 62.9 Å². The summed E-state index contributed by atoms with van der Waals surface area (Å²) in [7, 11) is 0. The number of fused-ring (bicyclic) bond motifs is 1. The monoisotopic (exact) mass is 636 g/mol. The molecule has 0 bridgehead atoms. The second kappa shape index (κ2) is 17.6. The van der Waals surface area contributed by atoms with E-state index in [-0.39, 0.29) is 47.3 Å². The van der Waals surface area contributed by atoms with Crippen molar-refractivity contribution < 1.29 is 43.6 Å². The molecule has 0 fully saturated rings. The van der Waals surface area contributed by atoms with Crippen molar-refractivity contribution >= 4 is 40.2 Å². The van der Waals surface area contributed by atoms with Crippen molar-refractivity contribution in [1.29, 1.82) is 0 Å². The van der Waals surface area contributed by atoms with E-state index in [4.69, 9.17) is 14.2 Å². The first kappa shape index (κ1) is 35.7. The van der Waals surface area contributed by atoms with E-state index in [0.717, 1.165) is 12.8 Å². The number of aromatic hydroxyl groups is 1. The van der Waals surface area contributed by atoms with Gasteiger partial charge in [0.15, 0.2) is 6.10 Å². The number of nitrogens with one attached hydrogen (secondary N) is 2. The van der Waals surface area contributed by atoms with E-state index in [1.807, 2.05) is 13.8 Å². The van der Waals surface area contributed by atoms with Crippen LogP contribution in [0.15, 0.2) is 54.6 Å². The third-order valence-corrected chi connectivity index (χ3v) is 7.52. The van der Waals surface area contributed by atoms with Crippen LogP contribution in [0.3, 0.4) is 0 Å². The summed E-state index contributed by atoms with van der Waals surface area (Å²) >= 11 is 0. The number of aliphatic carboxylic acids is 1. The second-order valence-electron chi connectivity index (χ2n) is 11.1. The maximum atomic E-state index is 12.9. The van der Waals surface area contributed by atoms with Gasteiger partial charge in [-0.2, -0.15) is 0 Å². The molecule has 0 saturated carbocycles. The third kappa shape index (κ3) is 10.1. The fraction of sp³-hybridized carbons (Fsp3) is 0.429. The SMILES string of the molecule is CCCCOC(=O)C(C)CC(CC)C(=O)Nc1ccc(OCCCNC(=O)c2cc(OC(C)C(=O)O)c3ccccc3c2O)cc1. The molecule has 0 aliphatic rings. The van der Waals surface area contributed by atoms with Crippen LogP contribution in [-0.4, -0.2) is 59.8 Å². The highest BCUT2D eigenvalue weighted by Crippen LogP contribution is 2.36. The lowest BCUT2D eigenvalue weighted by molar-refractivity contribution is -0.149. The molecule has 11 nitrogen and oxygen atoms in total. The number of hydrogen-bond acceptors (Lipinski definition) is 8. The average Bonchev–Trinajstić information content (AvgIpc) is 3.05. The van der Waals surface area contributed by atoms with E-state index >= 15 is 0 Å². The van der Waals surface area contributed by atoms with E-state index < -0.39 is 18.0 Å². The van der Waals surface area contributed by atoms with E-state index in [1.165, 1.54) is 13.0 Å². The molecule has 3 rings (SSSR count). The normalized spacial score (nSPS) is 12.9. The molecule has 0 aromatic heterocycles. The number of unbranched alkanes of at least 4 members (excludes halogenated alkanes) is 1. The van der Waals surface area contributed by atoms with Crippen LogP contribution in [0.2, 0.25) is 0 Å². The molecule has 0 aliphatic carbocycles. The number of carboxylic acid groups (broad SMARTS) is 1. The van der Waals surface area contributed by atoms with Crippen molar-refractivity contribution in [2.75, 3.05) is 25.1 Å². The van der Waals surface area contributed by atoms with Crippen LogP contribution in [0.1, 0.15) is 70.2 Å². The molecular weight excluding hydrogens is 592 g/mol. The first-order valence-corrected chi connectivity index (χ1v) is 15.7. The number of amides is 2. The topological polar surface area (TPSA) is 160 Å². The number of benzene rings is 3. The number of carbonyl (C=O) groups excluding carboxylic acids is 3. The Morgan fingerprint density at radius 2 is 1.61 bits per heavy atom. The molecule has 248 valence electrons. The summed E-state index contributed by atoms with van der Waals surface area (Å²) in [5, 5.41) is 26.5. The number of esters is 1. The summed E-state index contributed by atoms with van der Waals surface area (Å²) in [5.74, 6) is -2.29. The number of hydrogen-bond donors (Lipinski definition) is 4. The Kier molecular flexibility index (Phi) is 13.7. The molecule has 0 spiro atoms. The maximum Gasteiger partial charge on any atom is 0.344 e. The summed E-state index contributed by atoms with van der Waals surface area (Å²) in [6.45, 7) is 8.06. The standard InChI is InChI=1S/C35H44N2O9/c1-5-7-18-45-35(43)22(3)20-24(6-2)32(39)37-25-13-15-26(16-14-25)44-19-10-17-36-33(40)29-21-30(46-23(4)34(41)42)27-11-8-9-12-28(27)31(29)38/h8-9,11-16,21-24,38H,5-7,10,17-20H2,1-4H3,(H,36,40)(H,37,39)(H,41,42). The van der Waals surface area contributed by atoms with Gasteiger partial charge in [0, 0.05) is 28.9 Å². The maximum absolute atomic E-state index is 12.9. The number of carbonyl (C=O) groups is 4. The number of phenolic OH excluding ortho intramolecular Hbond substituents is 1. The number of carboxylic acids is 1. The molecule has 4 N–H and O–H groups in total. The van der Waals surface area contributed by atoms with Gasteiger partial charge in [-0.15, -0.1) is 0 Å². The molecule has 46 heavy (non-hydrogen) atoms. The van der Waals surface area contributed by atoms with E-state index in [1.54, 1.807) is 55.5 Å². The Bertz CT molecular complexity index is 1490. The molecule has 0 radical (unpaired) electrons. The summed E-state index contributed by atoms with van der Waals surface area (Å²) in [4.78, 5) is 49.3. The Morgan fingerprint density at radius 1 is 0.913 bits per heavy atom. The Hall–Kier alpha value is -4.80. The summed E-state index contributed by atoms with van der Waals surface area (Å²) in [5.41, 5.74) is 0.578. The quantitative estimate of drug-likeness (QED) is 0.0980. The van der Waals surface area contributed by atoms with E-state index in [2.05, 4.69) is 10.6 Å². The highest BCUT2D eigenvalue weighted by molar-refractivity contribution is 6.06. The molecule has 0 saturated heterocycles. The van der Waals surface area contributed by atoms with Crippen molar-refractivity contribution in [3.63, 3.8) is 0 Å². The van der Waals surface area contributed by atoms with Crippen LogP contribution in [0.4, 0.5) is 5.69 Å². The Morgan fingerprint density at radius 3 is 2.26 bits per heavy atom. The predicted octanol–water partition coefficient (Wildman–Crippen LogP) is 5.93.